The number of rotatable bonds is 7. The molecule has 3 aromatic carbocycles. The normalized spacial score (nSPS) is 10.8. The van der Waals surface area contributed by atoms with E-state index < -0.39 is 0 Å². The van der Waals surface area contributed by atoms with E-state index in [0.29, 0.717) is 21.3 Å². The van der Waals surface area contributed by atoms with Gasteiger partial charge in [-0.25, -0.2) is 0 Å². The maximum atomic E-state index is 12.4. The largest absolute Gasteiger partial charge is 0.322 e. The van der Waals surface area contributed by atoms with E-state index >= 15 is 0 Å². The smallest absolute Gasteiger partial charge is 0.248 e. The van der Waals surface area contributed by atoms with Crippen molar-refractivity contribution < 1.29 is 9.59 Å². The van der Waals surface area contributed by atoms with E-state index in [0.717, 1.165) is 10.5 Å². The number of hydrogen-bond acceptors (Lipinski definition) is 3. The number of carbonyl (C=O) groups excluding carboxylic acids is 2. The zero-order chi connectivity index (χ0) is 20.6. The number of halogens is 2. The maximum absolute atomic E-state index is 12.4. The van der Waals surface area contributed by atoms with Crippen molar-refractivity contribution in [2.75, 3.05) is 11.1 Å². The molecule has 3 rings (SSSR count). The van der Waals surface area contributed by atoms with Crippen molar-refractivity contribution in [3.8, 4) is 0 Å². The van der Waals surface area contributed by atoms with Gasteiger partial charge in [-0.15, -0.1) is 11.8 Å². The first-order chi connectivity index (χ1) is 14.0. The van der Waals surface area contributed by atoms with Crippen molar-refractivity contribution in [1.82, 2.24) is 0 Å². The van der Waals surface area contributed by atoms with E-state index in [1.54, 1.807) is 30.3 Å². The first-order valence-corrected chi connectivity index (χ1v) is 10.5. The van der Waals surface area contributed by atoms with Crippen LogP contribution >= 0.6 is 35.0 Å². The van der Waals surface area contributed by atoms with Gasteiger partial charge >= 0.3 is 0 Å². The topological polar surface area (TPSA) is 46.2 Å². The number of thioether (sulfide) groups is 1. The summed E-state index contributed by atoms with van der Waals surface area (Å²) in [5.41, 5.74) is 2.06. The van der Waals surface area contributed by atoms with Gasteiger partial charge in [0.25, 0.3) is 0 Å². The monoisotopic (exact) mass is 441 g/mol. The third-order valence-electron chi connectivity index (χ3n) is 3.93. The summed E-state index contributed by atoms with van der Waals surface area (Å²) in [6, 6.07) is 21.8. The lowest BCUT2D eigenvalue weighted by Crippen LogP contribution is -2.07. The summed E-state index contributed by atoms with van der Waals surface area (Å²) in [5.74, 6) is -0.0796. The molecule has 0 aliphatic heterocycles. The van der Waals surface area contributed by atoms with Crippen LogP contribution in [0.4, 0.5) is 5.69 Å². The van der Waals surface area contributed by atoms with Crippen molar-refractivity contribution in [2.24, 2.45) is 0 Å². The third kappa shape index (κ3) is 6.50. The molecule has 0 bridgehead atoms. The van der Waals surface area contributed by atoms with Gasteiger partial charge in [0.05, 0.1) is 10.8 Å². The summed E-state index contributed by atoms with van der Waals surface area (Å²) in [6.45, 7) is 0. The van der Waals surface area contributed by atoms with Crippen LogP contribution in [0.2, 0.25) is 10.0 Å². The van der Waals surface area contributed by atoms with Crippen molar-refractivity contribution in [2.45, 2.75) is 4.90 Å². The van der Waals surface area contributed by atoms with Crippen LogP contribution in [-0.2, 0) is 4.79 Å². The molecule has 3 nitrogen and oxygen atoms in total. The molecule has 146 valence electrons. The number of carbonyl (C=O) groups is 2. The minimum absolute atomic E-state index is 0.0862. The van der Waals surface area contributed by atoms with Crippen LogP contribution in [0.25, 0.3) is 6.08 Å². The van der Waals surface area contributed by atoms with Gasteiger partial charge in [-0.05, 0) is 48.0 Å². The second-order valence-electron chi connectivity index (χ2n) is 6.10. The summed E-state index contributed by atoms with van der Waals surface area (Å²) in [4.78, 5) is 25.4. The average Bonchev–Trinajstić information content (AvgIpc) is 2.71. The predicted octanol–water partition coefficient (Wildman–Crippen LogP) is 6.62. The molecule has 3 aromatic rings. The molecule has 0 saturated carbocycles. The highest BCUT2D eigenvalue weighted by Gasteiger charge is 2.11. The first-order valence-electron chi connectivity index (χ1n) is 8.76. The Kier molecular flexibility index (Phi) is 7.53. The van der Waals surface area contributed by atoms with E-state index in [4.69, 9.17) is 23.2 Å². The van der Waals surface area contributed by atoms with E-state index in [1.165, 1.54) is 17.8 Å². The van der Waals surface area contributed by atoms with Gasteiger partial charge in [-0.3, -0.25) is 9.59 Å². The molecule has 0 aliphatic carbocycles. The first kappa shape index (κ1) is 21.2. The third-order valence-corrected chi connectivity index (χ3v) is 5.47. The van der Waals surface area contributed by atoms with Crippen molar-refractivity contribution in [1.29, 1.82) is 0 Å². The molecule has 0 unspecified atom stereocenters. The highest BCUT2D eigenvalue weighted by Crippen LogP contribution is 2.26. The zero-order valence-electron chi connectivity index (χ0n) is 15.3. The van der Waals surface area contributed by atoms with Gasteiger partial charge in [-0.1, -0.05) is 59.6 Å². The summed E-state index contributed by atoms with van der Waals surface area (Å²) >= 11 is 13.3. The number of anilines is 1. The fourth-order valence-electron chi connectivity index (χ4n) is 2.53. The van der Waals surface area contributed by atoms with Gasteiger partial charge in [0.15, 0.2) is 5.78 Å². The minimum atomic E-state index is -0.222. The highest BCUT2D eigenvalue weighted by atomic mass is 35.5. The Labute approximate surface area is 183 Å². The molecule has 0 saturated heterocycles. The molecular weight excluding hydrogens is 425 g/mol. The standard InChI is InChI=1S/C23H17Cl2NO2S/c24-17-10-11-20(21(25)13-17)22(27)15-29-19-8-4-7-18(14-19)26-23(28)12-9-16-5-2-1-3-6-16/h1-14H,15H2,(H,26,28)/b12-9+. The number of benzene rings is 3. The van der Waals surface area contributed by atoms with Gasteiger partial charge < -0.3 is 5.32 Å². The lowest BCUT2D eigenvalue weighted by Gasteiger charge is -2.07. The Hall–Kier alpha value is -2.53. The Morgan fingerprint density at radius 1 is 0.931 bits per heavy atom. The van der Waals surface area contributed by atoms with Crippen LogP contribution in [-0.4, -0.2) is 17.4 Å². The van der Waals surface area contributed by atoms with Crippen LogP contribution in [0.1, 0.15) is 15.9 Å². The van der Waals surface area contributed by atoms with Crippen LogP contribution in [0.3, 0.4) is 0 Å². The minimum Gasteiger partial charge on any atom is -0.322 e. The molecule has 0 aromatic heterocycles. The Morgan fingerprint density at radius 2 is 1.72 bits per heavy atom. The molecule has 6 heteroatoms. The fraction of sp³-hybridized carbons (Fsp3) is 0.0435. The lowest BCUT2D eigenvalue weighted by atomic mass is 10.1. The molecule has 0 atom stereocenters. The van der Waals surface area contributed by atoms with E-state index in [1.807, 2.05) is 48.5 Å². The molecule has 1 amide bonds. The average molecular weight is 442 g/mol. The summed E-state index contributed by atoms with van der Waals surface area (Å²) < 4.78 is 0. The van der Waals surface area contributed by atoms with Gasteiger partial charge in [0.2, 0.25) is 5.91 Å². The molecule has 0 spiro atoms. The van der Waals surface area contributed by atoms with Crippen LogP contribution in [0.15, 0.2) is 83.8 Å². The van der Waals surface area contributed by atoms with Crippen LogP contribution < -0.4 is 5.32 Å². The maximum Gasteiger partial charge on any atom is 0.248 e. The van der Waals surface area contributed by atoms with Gasteiger partial charge in [0.1, 0.15) is 0 Å². The Morgan fingerprint density at radius 3 is 2.48 bits per heavy atom. The number of amides is 1. The summed E-state index contributed by atoms with van der Waals surface area (Å²) in [5, 5.41) is 3.66. The van der Waals surface area contributed by atoms with E-state index in [-0.39, 0.29) is 17.4 Å². The molecule has 1 N–H and O–H groups in total. The lowest BCUT2D eigenvalue weighted by molar-refractivity contribution is -0.111. The van der Waals surface area contributed by atoms with Gasteiger partial charge in [0, 0.05) is 27.2 Å². The SMILES string of the molecule is O=C(/C=C/c1ccccc1)Nc1cccc(SCC(=O)c2ccc(Cl)cc2Cl)c1. The van der Waals surface area contributed by atoms with Crippen molar-refractivity contribution in [3.63, 3.8) is 0 Å². The molecule has 0 aliphatic rings. The van der Waals surface area contributed by atoms with E-state index in [9.17, 15) is 9.59 Å². The zero-order valence-corrected chi connectivity index (χ0v) is 17.6. The van der Waals surface area contributed by atoms with Crippen LogP contribution in [0.5, 0.6) is 0 Å². The van der Waals surface area contributed by atoms with Crippen molar-refractivity contribution in [3.05, 3.63) is 100 Å². The van der Waals surface area contributed by atoms with E-state index in [2.05, 4.69) is 5.32 Å². The highest BCUT2D eigenvalue weighted by molar-refractivity contribution is 8.00. The number of ketones is 1. The molecule has 0 fully saturated rings. The number of hydrogen-bond donors (Lipinski definition) is 1. The summed E-state index contributed by atoms with van der Waals surface area (Å²) in [6.07, 6.45) is 3.24. The Balaban J connectivity index is 1.58. The number of Topliss-reactive ketones (excluding diaryl/α,β-unsaturated/α-hetero) is 1. The quantitative estimate of drug-likeness (QED) is 0.254. The second kappa shape index (κ2) is 10.3. The summed E-state index contributed by atoms with van der Waals surface area (Å²) in [7, 11) is 0. The molecule has 0 radical (unpaired) electrons. The number of nitrogens with one attached hydrogen (secondary N) is 1. The fourth-order valence-corrected chi connectivity index (χ4v) is 3.88. The molecule has 29 heavy (non-hydrogen) atoms. The van der Waals surface area contributed by atoms with Gasteiger partial charge in [-0.2, -0.15) is 0 Å². The van der Waals surface area contributed by atoms with Crippen LogP contribution in [0, 0.1) is 0 Å². The molecule has 0 heterocycles. The van der Waals surface area contributed by atoms with Crippen molar-refractivity contribution >= 4 is 58.4 Å². The second-order valence-corrected chi connectivity index (χ2v) is 7.99. The molecular formula is C23H17Cl2NO2S. The Bertz CT molecular complexity index is 1050. The predicted molar refractivity (Wildman–Crippen MR) is 122 cm³/mol.